The Labute approximate surface area is 352 Å². The summed E-state index contributed by atoms with van der Waals surface area (Å²) in [6, 6.07) is 26.8. The second-order valence-corrected chi connectivity index (χ2v) is 17.9. The van der Waals surface area contributed by atoms with Gasteiger partial charge in [0.2, 0.25) is 11.8 Å². The number of amides is 3. The van der Waals surface area contributed by atoms with Gasteiger partial charge in [-0.3, -0.25) is 14.5 Å². The molecule has 60 heavy (non-hydrogen) atoms. The Morgan fingerprint density at radius 2 is 1.17 bits per heavy atom. The fraction of sp³-hybridized carbons (Fsp3) is 0.438. The number of hydrogen-bond acceptors (Lipinski definition) is 7. The van der Waals surface area contributed by atoms with E-state index < -0.39 is 5.60 Å². The number of hydrogen-bond donors (Lipinski definition) is 2. The Balaban J connectivity index is 0.828. The van der Waals surface area contributed by atoms with E-state index in [1.165, 1.54) is 6.42 Å². The van der Waals surface area contributed by atoms with Gasteiger partial charge in [-0.25, -0.2) is 14.8 Å². The van der Waals surface area contributed by atoms with Crippen LogP contribution in [0.3, 0.4) is 0 Å². The number of ether oxygens (including phenoxy) is 1. The maximum Gasteiger partial charge on any atom is 0.410 e. The van der Waals surface area contributed by atoms with E-state index in [2.05, 4.69) is 80.4 Å². The van der Waals surface area contributed by atoms with Gasteiger partial charge < -0.3 is 29.4 Å². The molecule has 0 radical (unpaired) electrons. The van der Waals surface area contributed by atoms with E-state index in [9.17, 15) is 14.4 Å². The first-order valence-electron chi connectivity index (χ1n) is 21.8. The zero-order valence-corrected chi connectivity index (χ0v) is 35.0. The average molecular weight is 809 g/mol. The molecule has 1 unspecified atom stereocenters. The summed E-state index contributed by atoms with van der Waals surface area (Å²) in [4.78, 5) is 64.9. The minimum absolute atomic E-state index is 0.0725. The van der Waals surface area contributed by atoms with E-state index in [0.717, 1.165) is 109 Å². The number of benzene rings is 3. The van der Waals surface area contributed by atoms with Crippen molar-refractivity contribution in [3.8, 4) is 33.6 Å². The predicted molar refractivity (Wildman–Crippen MR) is 230 cm³/mol. The topological polar surface area (TPSA) is 131 Å². The molecule has 0 bridgehead atoms. The van der Waals surface area contributed by atoms with E-state index >= 15 is 0 Å². The summed E-state index contributed by atoms with van der Waals surface area (Å²) in [6.07, 6.45) is 10.5. The molecular weight excluding hydrogens is 753 g/mol. The number of carbonyl (C=O) groups excluding carboxylic acids is 3. The first kappa shape index (κ1) is 39.7. The molecule has 4 saturated heterocycles. The molecule has 2 aromatic heterocycles. The highest BCUT2D eigenvalue weighted by atomic mass is 16.6. The van der Waals surface area contributed by atoms with Gasteiger partial charge in [0.25, 0.3) is 0 Å². The van der Waals surface area contributed by atoms with Crippen LogP contribution in [0, 0.1) is 5.92 Å². The van der Waals surface area contributed by atoms with Gasteiger partial charge in [0.1, 0.15) is 23.3 Å². The lowest BCUT2D eigenvalue weighted by atomic mass is 9.98. The molecule has 3 atom stereocenters. The quantitative estimate of drug-likeness (QED) is 0.153. The van der Waals surface area contributed by atoms with E-state index in [-0.39, 0.29) is 42.0 Å². The first-order chi connectivity index (χ1) is 29.1. The Morgan fingerprint density at radius 1 is 0.650 bits per heavy atom. The number of imidazole rings is 2. The number of nitrogens with zero attached hydrogens (tertiary/aromatic N) is 6. The van der Waals surface area contributed by atoms with Crippen molar-refractivity contribution in [2.45, 2.75) is 89.4 Å². The third-order valence-electron chi connectivity index (χ3n) is 12.6. The number of piperidine rings is 1. The summed E-state index contributed by atoms with van der Waals surface area (Å²) in [7, 11) is 0. The van der Waals surface area contributed by atoms with Crippen molar-refractivity contribution in [2.24, 2.45) is 5.92 Å². The summed E-state index contributed by atoms with van der Waals surface area (Å²) in [5.74, 6) is 1.68. The second-order valence-electron chi connectivity index (χ2n) is 17.9. The van der Waals surface area contributed by atoms with Crippen molar-refractivity contribution >= 4 is 17.9 Å². The number of likely N-dealkylation sites (tertiary alicyclic amines) is 4. The molecule has 3 aromatic carbocycles. The fourth-order valence-corrected chi connectivity index (χ4v) is 9.44. The van der Waals surface area contributed by atoms with Crippen molar-refractivity contribution in [3.63, 3.8) is 0 Å². The highest BCUT2D eigenvalue weighted by Crippen LogP contribution is 2.38. The van der Waals surface area contributed by atoms with Gasteiger partial charge in [-0.15, -0.1) is 0 Å². The average Bonchev–Trinajstić information content (AvgIpc) is 4.08. The summed E-state index contributed by atoms with van der Waals surface area (Å²) in [6.45, 7) is 9.64. The molecule has 4 fully saturated rings. The van der Waals surface area contributed by atoms with Gasteiger partial charge in [0.15, 0.2) is 0 Å². The second kappa shape index (κ2) is 16.7. The summed E-state index contributed by atoms with van der Waals surface area (Å²) < 4.78 is 5.47. The monoisotopic (exact) mass is 808 g/mol. The minimum Gasteiger partial charge on any atom is -0.444 e. The zero-order chi connectivity index (χ0) is 41.4. The smallest absolute Gasteiger partial charge is 0.410 e. The molecule has 0 saturated carbocycles. The lowest BCUT2D eigenvalue weighted by Crippen LogP contribution is -2.57. The van der Waals surface area contributed by atoms with Gasteiger partial charge >= 0.3 is 6.09 Å². The molecule has 5 aromatic rings. The van der Waals surface area contributed by atoms with Crippen molar-refractivity contribution in [1.29, 1.82) is 0 Å². The third-order valence-corrected chi connectivity index (χ3v) is 12.6. The maximum absolute atomic E-state index is 14.4. The number of nitrogens with one attached hydrogen (secondary N) is 2. The number of aromatic nitrogens is 4. The van der Waals surface area contributed by atoms with Crippen LogP contribution in [-0.2, 0) is 14.3 Å². The van der Waals surface area contributed by atoms with E-state index in [1.54, 1.807) is 4.90 Å². The number of rotatable bonds is 9. The van der Waals surface area contributed by atoms with Crippen LogP contribution >= 0.6 is 0 Å². The van der Waals surface area contributed by atoms with Crippen molar-refractivity contribution in [1.82, 2.24) is 39.5 Å². The van der Waals surface area contributed by atoms with Crippen LogP contribution < -0.4 is 0 Å². The van der Waals surface area contributed by atoms with E-state index in [0.29, 0.717) is 19.6 Å². The van der Waals surface area contributed by atoms with Crippen molar-refractivity contribution in [2.75, 3.05) is 39.3 Å². The molecule has 9 rings (SSSR count). The highest BCUT2D eigenvalue weighted by Gasteiger charge is 2.43. The van der Waals surface area contributed by atoms with Gasteiger partial charge in [-0.2, -0.15) is 0 Å². The molecular formula is C48H56N8O4. The van der Waals surface area contributed by atoms with Crippen LogP contribution in [-0.4, -0.2) is 102 Å². The van der Waals surface area contributed by atoms with Crippen LogP contribution in [0.15, 0.2) is 91.3 Å². The first-order valence-corrected chi connectivity index (χ1v) is 21.8. The largest absolute Gasteiger partial charge is 0.444 e. The van der Waals surface area contributed by atoms with Crippen LogP contribution in [0.4, 0.5) is 4.79 Å². The van der Waals surface area contributed by atoms with Gasteiger partial charge in [-0.05, 0) is 100 Å². The number of carbonyl (C=O) groups is 3. The number of H-pyrrole nitrogens is 2. The summed E-state index contributed by atoms with van der Waals surface area (Å²) in [5.41, 5.74) is 6.63. The molecule has 312 valence electrons. The van der Waals surface area contributed by atoms with E-state index in [1.807, 2.05) is 56.3 Å². The maximum atomic E-state index is 14.4. The Bertz CT molecular complexity index is 2280. The van der Waals surface area contributed by atoms with Crippen LogP contribution in [0.5, 0.6) is 0 Å². The lowest BCUT2D eigenvalue weighted by molar-refractivity contribution is -0.141. The fourth-order valence-electron chi connectivity index (χ4n) is 9.44. The SMILES string of the molecule is CC(C)(C)OC(=O)N1CC(C(=O)N2CCC[C@H]2c2ncc(-c3ccc(-c4ccc(-c5cnc([C@@H]6CCCN6C(=O)C(c6ccccc6)N6CCCCC6)[nH]5)cc4)cc3)[nH]2)C1. The summed E-state index contributed by atoms with van der Waals surface area (Å²) in [5, 5.41) is 0. The number of aromatic amines is 2. The van der Waals surface area contributed by atoms with E-state index in [4.69, 9.17) is 14.7 Å². The highest BCUT2D eigenvalue weighted by molar-refractivity contribution is 5.84. The van der Waals surface area contributed by atoms with Crippen LogP contribution in [0.2, 0.25) is 0 Å². The normalized spacial score (nSPS) is 20.6. The van der Waals surface area contributed by atoms with Gasteiger partial charge in [0.05, 0.1) is 41.8 Å². The van der Waals surface area contributed by atoms with Gasteiger partial charge in [-0.1, -0.05) is 85.3 Å². The molecule has 0 spiro atoms. The molecule has 12 nitrogen and oxygen atoms in total. The molecule has 4 aliphatic rings. The third kappa shape index (κ3) is 8.22. The minimum atomic E-state index is -0.563. The predicted octanol–water partition coefficient (Wildman–Crippen LogP) is 8.55. The van der Waals surface area contributed by atoms with Crippen LogP contribution in [0.1, 0.15) is 101 Å². The Hall–Kier alpha value is -5.75. The summed E-state index contributed by atoms with van der Waals surface area (Å²) >= 11 is 0. The standard InChI is InChI=1S/C48H56N8O4/c1-48(2,3)60-47(59)54-30-37(31-54)45(57)55-26-10-14-40(55)43-49-28-38(51-43)34-20-16-32(17-21-34)33-18-22-35(23-19-33)39-29-50-44(52-39)41-15-11-27-56(41)46(58)42(36-12-6-4-7-13-36)53-24-8-5-9-25-53/h4,6-7,12-13,16-23,28-29,37,40-42H,5,8-11,14-15,24-27,30-31H2,1-3H3,(H,49,51)(H,50,52)/t40-,41-,42?/m0/s1. The van der Waals surface area contributed by atoms with Crippen LogP contribution in [0.25, 0.3) is 33.6 Å². The Kier molecular flexibility index (Phi) is 11.1. The molecule has 2 N–H and O–H groups in total. The lowest BCUT2D eigenvalue weighted by Gasteiger charge is -2.41. The molecule has 6 heterocycles. The van der Waals surface area contributed by atoms with Crippen molar-refractivity contribution in [3.05, 3.63) is 108 Å². The molecule has 12 heteroatoms. The van der Waals surface area contributed by atoms with Gasteiger partial charge in [0, 0.05) is 26.2 Å². The Morgan fingerprint density at radius 3 is 1.72 bits per heavy atom. The zero-order valence-electron chi connectivity index (χ0n) is 35.0. The molecule has 3 amide bonds. The van der Waals surface area contributed by atoms with Crippen molar-refractivity contribution < 1.29 is 19.1 Å². The molecule has 0 aliphatic carbocycles. The molecule has 4 aliphatic heterocycles.